The second-order valence-electron chi connectivity index (χ2n) is 8.40. The second kappa shape index (κ2) is 11.2. The number of allylic oxidation sites excluding steroid dienone is 1. The first-order valence-electron chi connectivity index (χ1n) is 11.5. The molecule has 1 unspecified atom stereocenters. The summed E-state index contributed by atoms with van der Waals surface area (Å²) >= 11 is 6.59. The summed E-state index contributed by atoms with van der Waals surface area (Å²) in [5.74, 6) is 2.51. The van der Waals surface area contributed by atoms with Crippen LogP contribution < -0.4 is 15.4 Å². The van der Waals surface area contributed by atoms with E-state index >= 15 is 0 Å². The third-order valence-corrected chi connectivity index (χ3v) is 6.00. The zero-order valence-corrected chi connectivity index (χ0v) is 21.0. The third kappa shape index (κ3) is 6.12. The summed E-state index contributed by atoms with van der Waals surface area (Å²) in [6, 6.07) is 8.05. The van der Waals surface area contributed by atoms with E-state index in [0.29, 0.717) is 28.5 Å². The lowest BCUT2D eigenvalue weighted by molar-refractivity contribution is 0.294. The third-order valence-electron chi connectivity index (χ3n) is 5.61. The minimum atomic E-state index is 0.108. The van der Waals surface area contributed by atoms with Gasteiger partial charge in [0.15, 0.2) is 12.5 Å². The lowest BCUT2D eigenvalue weighted by atomic mass is 10.2. The van der Waals surface area contributed by atoms with Crippen molar-refractivity contribution in [3.8, 4) is 5.75 Å². The van der Waals surface area contributed by atoms with Crippen molar-refractivity contribution in [3.63, 3.8) is 0 Å². The number of aryl methyl sites for hydroxylation is 1. The molecule has 184 valence electrons. The molecular weight excluding hydrogens is 464 g/mol. The Morgan fingerprint density at radius 3 is 3.03 bits per heavy atom. The van der Waals surface area contributed by atoms with Crippen molar-refractivity contribution in [2.45, 2.75) is 26.8 Å². The molecule has 0 aliphatic carbocycles. The van der Waals surface area contributed by atoms with Crippen LogP contribution in [0.25, 0.3) is 17.0 Å². The Morgan fingerprint density at radius 2 is 2.26 bits per heavy atom. The van der Waals surface area contributed by atoms with E-state index in [9.17, 15) is 0 Å². The molecule has 3 aromatic rings. The highest BCUT2D eigenvalue weighted by Gasteiger charge is 2.19. The molecule has 9 nitrogen and oxygen atoms in total. The minimum absolute atomic E-state index is 0.108. The van der Waals surface area contributed by atoms with Crippen molar-refractivity contribution in [2.75, 3.05) is 31.7 Å². The lowest BCUT2D eigenvalue weighted by Gasteiger charge is -2.33. The van der Waals surface area contributed by atoms with E-state index in [1.807, 2.05) is 56.3 Å². The van der Waals surface area contributed by atoms with Gasteiger partial charge in [-0.25, -0.2) is 9.98 Å². The van der Waals surface area contributed by atoms with Gasteiger partial charge in [-0.1, -0.05) is 17.7 Å². The molecule has 1 saturated heterocycles. The van der Waals surface area contributed by atoms with Gasteiger partial charge >= 0.3 is 0 Å². The van der Waals surface area contributed by atoms with Gasteiger partial charge in [-0.2, -0.15) is 5.10 Å². The fourth-order valence-electron chi connectivity index (χ4n) is 3.99. The second-order valence-corrected chi connectivity index (χ2v) is 8.78. The summed E-state index contributed by atoms with van der Waals surface area (Å²) in [4.78, 5) is 14.4. The van der Waals surface area contributed by atoms with Crippen molar-refractivity contribution in [3.05, 3.63) is 58.6 Å². The van der Waals surface area contributed by atoms with Crippen LogP contribution in [0.2, 0.25) is 5.02 Å². The van der Waals surface area contributed by atoms with Crippen molar-refractivity contribution >= 4 is 47.0 Å². The van der Waals surface area contributed by atoms with Gasteiger partial charge in [-0.05, 0) is 51.8 Å². The maximum absolute atomic E-state index is 6.59. The fourth-order valence-corrected chi connectivity index (χ4v) is 4.26. The van der Waals surface area contributed by atoms with Crippen LogP contribution in [0.5, 0.6) is 5.75 Å². The molecule has 1 aliphatic rings. The lowest BCUT2D eigenvalue weighted by Crippen LogP contribution is -2.51. The highest BCUT2D eigenvalue weighted by molar-refractivity contribution is 6.37. The maximum atomic E-state index is 6.59. The number of hydrogen-bond donors (Lipinski definition) is 4. The number of piperazine rings is 1. The number of nitrogens with one attached hydrogen (secondary N) is 4. The van der Waals surface area contributed by atoms with E-state index < -0.39 is 0 Å². The molecule has 3 heterocycles. The van der Waals surface area contributed by atoms with E-state index in [-0.39, 0.29) is 6.73 Å². The number of rotatable bonds is 8. The number of nitrogens with zero attached hydrogens (tertiary/aromatic N) is 4. The number of hydrogen-bond acceptors (Lipinski definition) is 6. The van der Waals surface area contributed by atoms with Crippen molar-refractivity contribution < 1.29 is 4.74 Å². The predicted molar refractivity (Wildman–Crippen MR) is 145 cm³/mol. The standard InChI is InChI=1S/C25H31ClN8O/c1-5-6-18-12-23(33-32-18)31-22(27-4)13-24(34-10-9-28-17(3)14-34)29-15-35-21-8-7-20-19(25(21)26)11-16(2)30-20/h5-8,11-13,17,28,30H,4,9-10,14-15H2,1-3H3,(H2,31,32,33)/b6-5+,22-13+,29-24+. The molecule has 0 spiro atoms. The Morgan fingerprint density at radius 1 is 1.40 bits per heavy atom. The van der Waals surface area contributed by atoms with E-state index in [0.717, 1.165) is 47.8 Å². The summed E-state index contributed by atoms with van der Waals surface area (Å²) in [6.45, 7) is 12.4. The Balaban J connectivity index is 1.55. The number of aromatic nitrogens is 3. The van der Waals surface area contributed by atoms with Crippen LogP contribution in [0.3, 0.4) is 0 Å². The monoisotopic (exact) mass is 494 g/mol. The van der Waals surface area contributed by atoms with Crippen LogP contribution in [0, 0.1) is 6.92 Å². The topological polar surface area (TPSA) is 106 Å². The van der Waals surface area contributed by atoms with E-state index in [2.05, 4.69) is 49.3 Å². The SMILES string of the molecule is C=N/C(=C\C(=N/COc1ccc2[nH]c(C)cc2c1Cl)N1CCNC(C)C1)Nc1cc(/C=C/C)[nH]n1. The molecule has 35 heavy (non-hydrogen) atoms. The van der Waals surface area contributed by atoms with Gasteiger partial charge < -0.3 is 25.3 Å². The highest BCUT2D eigenvalue weighted by atomic mass is 35.5. The number of fused-ring (bicyclic) bond motifs is 1. The Labute approximate surface area is 210 Å². The summed E-state index contributed by atoms with van der Waals surface area (Å²) in [7, 11) is 0. The van der Waals surface area contributed by atoms with Gasteiger partial charge in [0.2, 0.25) is 0 Å². The van der Waals surface area contributed by atoms with Gasteiger partial charge in [0.25, 0.3) is 0 Å². The average Bonchev–Trinajstić information content (AvgIpc) is 3.45. The molecule has 1 atom stereocenters. The normalized spacial score (nSPS) is 17.4. The van der Waals surface area contributed by atoms with Crippen LogP contribution in [0.1, 0.15) is 25.2 Å². The molecule has 0 saturated carbocycles. The van der Waals surface area contributed by atoms with Crippen LogP contribution in [-0.4, -0.2) is 65.0 Å². The number of H-pyrrole nitrogens is 2. The largest absolute Gasteiger partial charge is 0.470 e. The number of amidine groups is 1. The Bertz CT molecular complexity index is 1270. The minimum Gasteiger partial charge on any atom is -0.470 e. The Kier molecular flexibility index (Phi) is 7.89. The zero-order valence-electron chi connectivity index (χ0n) is 20.2. The zero-order chi connectivity index (χ0) is 24.8. The number of anilines is 1. The summed E-state index contributed by atoms with van der Waals surface area (Å²) in [5.41, 5.74) is 2.91. The molecule has 1 aromatic carbocycles. The first kappa shape index (κ1) is 24.6. The molecule has 0 amide bonds. The fraction of sp³-hybridized carbons (Fsp3) is 0.320. The highest BCUT2D eigenvalue weighted by Crippen LogP contribution is 2.33. The number of aliphatic imine (C=N–C) groups is 2. The molecule has 4 N–H and O–H groups in total. The predicted octanol–water partition coefficient (Wildman–Crippen LogP) is 4.57. The molecule has 2 aromatic heterocycles. The first-order valence-corrected chi connectivity index (χ1v) is 11.9. The molecule has 10 heteroatoms. The summed E-state index contributed by atoms with van der Waals surface area (Å²) in [5, 5.41) is 15.4. The van der Waals surface area contributed by atoms with Gasteiger partial charge in [0.1, 0.15) is 17.4 Å². The molecule has 0 radical (unpaired) electrons. The first-order chi connectivity index (χ1) is 17.0. The Hall–Kier alpha value is -3.56. The maximum Gasteiger partial charge on any atom is 0.181 e. The number of halogens is 1. The van der Waals surface area contributed by atoms with Gasteiger partial charge in [-0.3, -0.25) is 5.10 Å². The molecule has 1 aliphatic heterocycles. The number of ether oxygens (including phenoxy) is 1. The van der Waals surface area contributed by atoms with Gasteiger partial charge in [0, 0.05) is 54.4 Å². The molecule has 4 rings (SSSR count). The summed E-state index contributed by atoms with van der Waals surface area (Å²) in [6.07, 6.45) is 5.74. The molecule has 1 fully saturated rings. The van der Waals surface area contributed by atoms with Crippen LogP contribution >= 0.6 is 11.6 Å². The van der Waals surface area contributed by atoms with E-state index in [1.165, 1.54) is 0 Å². The van der Waals surface area contributed by atoms with E-state index in [4.69, 9.17) is 21.3 Å². The molecular formula is C25H31ClN8O. The van der Waals surface area contributed by atoms with Crippen LogP contribution in [-0.2, 0) is 0 Å². The van der Waals surface area contributed by atoms with Crippen molar-refractivity contribution in [1.82, 2.24) is 25.4 Å². The quantitative estimate of drug-likeness (QED) is 0.271. The summed E-state index contributed by atoms with van der Waals surface area (Å²) < 4.78 is 5.97. The van der Waals surface area contributed by atoms with Gasteiger partial charge in [0.05, 0.1) is 10.7 Å². The molecule has 0 bridgehead atoms. The van der Waals surface area contributed by atoms with Crippen LogP contribution in [0.4, 0.5) is 5.82 Å². The van der Waals surface area contributed by atoms with E-state index in [1.54, 1.807) is 0 Å². The number of benzene rings is 1. The average molecular weight is 495 g/mol. The van der Waals surface area contributed by atoms with Gasteiger partial charge in [-0.15, -0.1) is 0 Å². The van der Waals surface area contributed by atoms with Crippen molar-refractivity contribution in [2.24, 2.45) is 9.98 Å². The van der Waals surface area contributed by atoms with Crippen molar-refractivity contribution in [1.29, 1.82) is 0 Å². The van der Waals surface area contributed by atoms with Crippen LogP contribution in [0.15, 0.2) is 52.2 Å². The number of aromatic amines is 2. The smallest absolute Gasteiger partial charge is 0.181 e.